The molecule has 0 aliphatic heterocycles. The lowest BCUT2D eigenvalue weighted by Crippen LogP contribution is -2.49. The van der Waals surface area contributed by atoms with Gasteiger partial charge in [0.25, 0.3) is 0 Å². The van der Waals surface area contributed by atoms with Crippen molar-refractivity contribution >= 4 is 12.1 Å². The SMILES string of the molecule is Cc1ccc(C(=O)OCC(C)(C)NC(=O)OC(C)(C)C)nn1. The van der Waals surface area contributed by atoms with Gasteiger partial charge >= 0.3 is 12.1 Å². The van der Waals surface area contributed by atoms with Gasteiger partial charge in [0.1, 0.15) is 12.2 Å². The van der Waals surface area contributed by atoms with Crippen molar-refractivity contribution in [2.75, 3.05) is 6.61 Å². The van der Waals surface area contributed by atoms with Crippen molar-refractivity contribution in [3.8, 4) is 0 Å². The molecule has 1 N–H and O–H groups in total. The van der Waals surface area contributed by atoms with Gasteiger partial charge in [0, 0.05) is 0 Å². The van der Waals surface area contributed by atoms with Crippen LogP contribution in [0.1, 0.15) is 50.8 Å². The minimum absolute atomic E-state index is 0.0133. The summed E-state index contributed by atoms with van der Waals surface area (Å²) in [4.78, 5) is 23.6. The molecule has 122 valence electrons. The van der Waals surface area contributed by atoms with Crippen LogP contribution in [0.5, 0.6) is 0 Å². The van der Waals surface area contributed by atoms with E-state index in [0.717, 1.165) is 0 Å². The summed E-state index contributed by atoms with van der Waals surface area (Å²) < 4.78 is 10.3. The van der Waals surface area contributed by atoms with E-state index in [1.54, 1.807) is 53.7 Å². The van der Waals surface area contributed by atoms with E-state index in [0.29, 0.717) is 5.69 Å². The number of carbonyl (C=O) groups excluding carboxylic acids is 2. The summed E-state index contributed by atoms with van der Waals surface area (Å²) in [5.74, 6) is -0.591. The Hall–Kier alpha value is -2.18. The molecule has 22 heavy (non-hydrogen) atoms. The van der Waals surface area contributed by atoms with E-state index in [9.17, 15) is 9.59 Å². The molecule has 1 amide bonds. The number of aryl methyl sites for hydroxylation is 1. The van der Waals surface area contributed by atoms with Gasteiger partial charge in [-0.2, -0.15) is 5.10 Å². The van der Waals surface area contributed by atoms with Gasteiger partial charge in [0.2, 0.25) is 0 Å². The van der Waals surface area contributed by atoms with Gasteiger partial charge in [0.15, 0.2) is 5.69 Å². The second kappa shape index (κ2) is 6.72. The summed E-state index contributed by atoms with van der Waals surface area (Å²) >= 11 is 0. The number of hydrogen-bond donors (Lipinski definition) is 1. The summed E-state index contributed by atoms with van der Waals surface area (Å²) in [6.45, 7) is 10.5. The molecule has 0 aromatic carbocycles. The second-order valence-corrected chi connectivity index (χ2v) is 6.65. The predicted octanol–water partition coefficient (Wildman–Crippen LogP) is 2.25. The van der Waals surface area contributed by atoms with Crippen LogP contribution in [-0.2, 0) is 9.47 Å². The number of ether oxygens (including phenoxy) is 2. The van der Waals surface area contributed by atoms with E-state index in [4.69, 9.17) is 9.47 Å². The van der Waals surface area contributed by atoms with Crippen molar-refractivity contribution in [1.82, 2.24) is 15.5 Å². The molecule has 0 saturated carbocycles. The number of nitrogens with zero attached hydrogens (tertiary/aromatic N) is 2. The Kier molecular flexibility index (Phi) is 5.46. The van der Waals surface area contributed by atoms with Crippen molar-refractivity contribution < 1.29 is 19.1 Å². The fraction of sp³-hybridized carbons (Fsp3) is 0.600. The first-order valence-electron chi connectivity index (χ1n) is 6.97. The summed E-state index contributed by atoms with van der Waals surface area (Å²) in [6.07, 6.45) is -0.566. The Labute approximate surface area is 130 Å². The fourth-order valence-corrected chi connectivity index (χ4v) is 1.44. The zero-order chi connectivity index (χ0) is 17.0. The molecule has 0 bridgehead atoms. The Balaban J connectivity index is 2.52. The van der Waals surface area contributed by atoms with Crippen LogP contribution < -0.4 is 5.32 Å². The minimum Gasteiger partial charge on any atom is -0.458 e. The van der Waals surface area contributed by atoms with E-state index in [1.165, 1.54) is 0 Å². The highest BCUT2D eigenvalue weighted by Crippen LogP contribution is 2.10. The molecule has 0 atom stereocenters. The molecule has 0 radical (unpaired) electrons. The monoisotopic (exact) mass is 309 g/mol. The van der Waals surface area contributed by atoms with Gasteiger partial charge in [-0.1, -0.05) is 0 Å². The number of carbonyl (C=O) groups is 2. The van der Waals surface area contributed by atoms with E-state index in [2.05, 4.69) is 15.5 Å². The highest BCUT2D eigenvalue weighted by atomic mass is 16.6. The Morgan fingerprint density at radius 1 is 1.14 bits per heavy atom. The zero-order valence-corrected chi connectivity index (χ0v) is 13.9. The van der Waals surface area contributed by atoms with Gasteiger partial charge in [-0.3, -0.25) is 0 Å². The molecule has 0 saturated heterocycles. The van der Waals surface area contributed by atoms with Crippen molar-refractivity contribution in [3.05, 3.63) is 23.5 Å². The molecule has 1 aromatic heterocycles. The van der Waals surface area contributed by atoms with E-state index >= 15 is 0 Å². The molecular weight excluding hydrogens is 286 g/mol. The third kappa shape index (κ3) is 6.51. The van der Waals surface area contributed by atoms with Crippen LogP contribution in [0.2, 0.25) is 0 Å². The number of amides is 1. The van der Waals surface area contributed by atoms with Crippen LogP contribution in [0.4, 0.5) is 4.79 Å². The molecule has 0 aliphatic rings. The van der Waals surface area contributed by atoms with Crippen LogP contribution in [0.15, 0.2) is 12.1 Å². The molecular formula is C15H23N3O4. The highest BCUT2D eigenvalue weighted by Gasteiger charge is 2.26. The maximum absolute atomic E-state index is 11.8. The van der Waals surface area contributed by atoms with Gasteiger partial charge in [0.05, 0.1) is 11.2 Å². The first-order valence-corrected chi connectivity index (χ1v) is 6.97. The first kappa shape index (κ1) is 17.9. The van der Waals surface area contributed by atoms with Crippen molar-refractivity contribution in [1.29, 1.82) is 0 Å². The van der Waals surface area contributed by atoms with Crippen molar-refractivity contribution in [2.45, 2.75) is 52.7 Å². The second-order valence-electron chi connectivity index (χ2n) is 6.65. The lowest BCUT2D eigenvalue weighted by molar-refractivity contribution is 0.0281. The molecule has 0 aliphatic carbocycles. The van der Waals surface area contributed by atoms with Gasteiger partial charge in [-0.15, -0.1) is 5.10 Å². The third-order valence-electron chi connectivity index (χ3n) is 2.41. The number of nitrogens with one attached hydrogen (secondary N) is 1. The molecule has 0 fully saturated rings. The molecule has 7 nitrogen and oxygen atoms in total. The minimum atomic E-state index is -0.768. The van der Waals surface area contributed by atoms with Crippen molar-refractivity contribution in [3.63, 3.8) is 0 Å². The summed E-state index contributed by atoms with van der Waals surface area (Å²) in [5, 5.41) is 10.2. The largest absolute Gasteiger partial charge is 0.458 e. The standard InChI is InChI=1S/C15H23N3O4/c1-10-7-8-11(18-17-10)12(19)21-9-15(5,6)16-13(20)22-14(2,3)4/h7-8H,9H2,1-6H3,(H,16,20). The topological polar surface area (TPSA) is 90.4 Å². The molecule has 0 spiro atoms. The maximum Gasteiger partial charge on any atom is 0.408 e. The number of rotatable bonds is 4. The third-order valence-corrected chi connectivity index (χ3v) is 2.41. The molecule has 1 heterocycles. The van der Waals surface area contributed by atoms with Gasteiger partial charge in [-0.05, 0) is 53.7 Å². The average molecular weight is 309 g/mol. The summed E-state index contributed by atoms with van der Waals surface area (Å²) in [7, 11) is 0. The van der Waals surface area contributed by atoms with Gasteiger partial charge < -0.3 is 14.8 Å². The van der Waals surface area contributed by atoms with Gasteiger partial charge in [-0.25, -0.2) is 9.59 Å². The molecule has 1 aromatic rings. The molecule has 7 heteroatoms. The zero-order valence-electron chi connectivity index (χ0n) is 13.9. The average Bonchev–Trinajstić information content (AvgIpc) is 2.33. The van der Waals surface area contributed by atoms with Crippen LogP contribution in [0.25, 0.3) is 0 Å². The normalized spacial score (nSPS) is 11.7. The number of aromatic nitrogens is 2. The number of hydrogen-bond acceptors (Lipinski definition) is 6. The van der Waals surface area contributed by atoms with E-state index < -0.39 is 23.2 Å². The fourth-order valence-electron chi connectivity index (χ4n) is 1.44. The lowest BCUT2D eigenvalue weighted by Gasteiger charge is -2.28. The van der Waals surface area contributed by atoms with Crippen LogP contribution in [-0.4, -0.2) is 40.0 Å². The van der Waals surface area contributed by atoms with Crippen molar-refractivity contribution in [2.24, 2.45) is 0 Å². The van der Waals surface area contributed by atoms with Crippen LogP contribution in [0, 0.1) is 6.92 Å². The lowest BCUT2D eigenvalue weighted by atomic mass is 10.1. The maximum atomic E-state index is 11.8. The smallest absolute Gasteiger partial charge is 0.408 e. The Morgan fingerprint density at radius 3 is 2.27 bits per heavy atom. The van der Waals surface area contributed by atoms with E-state index in [-0.39, 0.29) is 12.3 Å². The quantitative estimate of drug-likeness (QED) is 0.858. The van der Waals surface area contributed by atoms with Crippen LogP contribution in [0.3, 0.4) is 0 Å². The molecule has 0 unspecified atom stereocenters. The first-order chi connectivity index (χ1) is 9.98. The van der Waals surface area contributed by atoms with E-state index in [1.807, 2.05) is 0 Å². The molecule has 1 rings (SSSR count). The predicted molar refractivity (Wildman–Crippen MR) is 80.5 cm³/mol. The van der Waals surface area contributed by atoms with Crippen LogP contribution >= 0.6 is 0 Å². The number of esters is 1. The Bertz CT molecular complexity index is 533. The highest BCUT2D eigenvalue weighted by molar-refractivity contribution is 5.87. The Morgan fingerprint density at radius 2 is 1.77 bits per heavy atom. The number of alkyl carbamates (subject to hydrolysis) is 1. The summed E-state index contributed by atoms with van der Waals surface area (Å²) in [5.41, 5.74) is -0.521. The summed E-state index contributed by atoms with van der Waals surface area (Å²) in [6, 6.07) is 3.21.